The van der Waals surface area contributed by atoms with E-state index in [0.717, 1.165) is 11.3 Å². The largest absolute Gasteiger partial charge is 0.492 e. The van der Waals surface area contributed by atoms with Crippen molar-refractivity contribution in [1.82, 2.24) is 15.3 Å². The zero-order valence-corrected chi connectivity index (χ0v) is 16.0. The van der Waals surface area contributed by atoms with Crippen molar-refractivity contribution in [2.45, 2.75) is 39.7 Å². The molecule has 0 saturated carbocycles. The molecule has 2 N–H and O–H groups in total. The van der Waals surface area contributed by atoms with Crippen molar-refractivity contribution in [3.63, 3.8) is 0 Å². The maximum atomic E-state index is 10.8. The highest BCUT2D eigenvalue weighted by molar-refractivity contribution is 5.65. The van der Waals surface area contributed by atoms with E-state index in [-0.39, 0.29) is 5.92 Å². The highest BCUT2D eigenvalue weighted by atomic mass is 16.5. The fraction of sp³-hybridized carbons (Fsp3) is 0.400. The summed E-state index contributed by atoms with van der Waals surface area (Å²) in [6.07, 6.45) is 1.25. The summed E-state index contributed by atoms with van der Waals surface area (Å²) < 4.78 is 5.82. The first-order valence-corrected chi connectivity index (χ1v) is 8.68. The summed E-state index contributed by atoms with van der Waals surface area (Å²) >= 11 is 0. The van der Waals surface area contributed by atoms with Crippen LogP contribution in [0.4, 0.5) is 4.79 Å². The second kappa shape index (κ2) is 8.49. The third kappa shape index (κ3) is 5.96. The molecule has 0 radical (unpaired) electrons. The molecule has 142 valence electrons. The van der Waals surface area contributed by atoms with Gasteiger partial charge >= 0.3 is 6.09 Å². The molecule has 1 aromatic heterocycles. The van der Waals surface area contributed by atoms with Gasteiger partial charge in [-0.25, -0.2) is 14.8 Å². The highest BCUT2D eigenvalue weighted by Crippen LogP contribution is 2.26. The van der Waals surface area contributed by atoms with Gasteiger partial charge in [-0.2, -0.15) is 5.26 Å². The number of carbonyl (C=O) groups is 1. The van der Waals surface area contributed by atoms with Gasteiger partial charge in [0.1, 0.15) is 17.6 Å². The second-order valence-corrected chi connectivity index (χ2v) is 7.25. The van der Waals surface area contributed by atoms with Crippen molar-refractivity contribution >= 4 is 6.09 Å². The molecule has 0 bridgehead atoms. The first-order chi connectivity index (χ1) is 12.7. The molecule has 2 rings (SSSR count). The molecule has 0 unspecified atom stereocenters. The van der Waals surface area contributed by atoms with Crippen LogP contribution < -0.4 is 10.1 Å². The van der Waals surface area contributed by atoms with Crippen LogP contribution in [0.1, 0.15) is 38.6 Å². The number of hydrogen-bond acceptors (Lipinski definition) is 5. The summed E-state index contributed by atoms with van der Waals surface area (Å²) in [5.74, 6) is 1.27. The molecule has 0 aliphatic carbocycles. The fourth-order valence-corrected chi connectivity index (χ4v) is 3.02. The Kier molecular flexibility index (Phi) is 6.35. The summed E-state index contributed by atoms with van der Waals surface area (Å²) in [5.41, 5.74) is 1.45. The Labute approximate surface area is 159 Å². The lowest BCUT2D eigenvalue weighted by Gasteiger charge is -2.28. The smallest absolute Gasteiger partial charge is 0.405 e. The van der Waals surface area contributed by atoms with Gasteiger partial charge in [0.05, 0.1) is 17.9 Å². The summed E-state index contributed by atoms with van der Waals surface area (Å²) in [6.45, 7) is 7.84. The van der Waals surface area contributed by atoms with E-state index in [1.165, 1.54) is 0 Å². The summed E-state index contributed by atoms with van der Waals surface area (Å²) in [4.78, 5) is 19.3. The number of benzene rings is 1. The average molecular weight is 368 g/mol. The van der Waals surface area contributed by atoms with Gasteiger partial charge in [-0.15, -0.1) is 0 Å². The summed E-state index contributed by atoms with van der Waals surface area (Å²) in [7, 11) is 0. The number of rotatable bonds is 7. The molecule has 0 fully saturated rings. The van der Waals surface area contributed by atoms with Gasteiger partial charge < -0.3 is 15.2 Å². The van der Waals surface area contributed by atoms with Crippen molar-refractivity contribution in [2.24, 2.45) is 5.92 Å². The lowest BCUT2D eigenvalue weighted by Crippen LogP contribution is -2.44. The van der Waals surface area contributed by atoms with Crippen molar-refractivity contribution in [3.8, 4) is 23.1 Å². The van der Waals surface area contributed by atoms with E-state index in [0.29, 0.717) is 30.2 Å². The normalized spacial score (nSPS) is 12.1. The van der Waals surface area contributed by atoms with E-state index >= 15 is 0 Å². The molecule has 27 heavy (non-hydrogen) atoms. The van der Waals surface area contributed by atoms with Gasteiger partial charge in [0, 0.05) is 17.3 Å². The molecule has 1 heterocycles. The maximum absolute atomic E-state index is 10.8. The predicted octanol–water partition coefficient (Wildman–Crippen LogP) is 3.77. The molecule has 1 aromatic carbocycles. The van der Waals surface area contributed by atoms with Crippen LogP contribution in [0.15, 0.2) is 30.5 Å². The molecular formula is C20H24N4O3. The Bertz CT molecular complexity index is 859. The van der Waals surface area contributed by atoms with Gasteiger partial charge in [0.15, 0.2) is 0 Å². The number of nitrogens with one attached hydrogen (secondary N) is 1. The van der Waals surface area contributed by atoms with Gasteiger partial charge in [-0.3, -0.25) is 0 Å². The monoisotopic (exact) mass is 368 g/mol. The number of aromatic nitrogens is 2. The zero-order chi connectivity index (χ0) is 20.0. The molecule has 1 amide bonds. The molecule has 0 spiro atoms. The lowest BCUT2D eigenvalue weighted by atomic mass is 9.92. The van der Waals surface area contributed by atoms with Crippen LogP contribution in [0.2, 0.25) is 0 Å². The third-order valence-electron chi connectivity index (χ3n) is 4.00. The number of amides is 1. The summed E-state index contributed by atoms with van der Waals surface area (Å²) in [6, 6.07) is 9.33. The minimum atomic E-state index is -1.05. The van der Waals surface area contributed by atoms with Gasteiger partial charge in [0.25, 0.3) is 0 Å². The Morgan fingerprint density at radius 2 is 2.15 bits per heavy atom. The molecule has 0 saturated heterocycles. The molecule has 1 atom stereocenters. The van der Waals surface area contributed by atoms with E-state index in [1.54, 1.807) is 24.4 Å². The number of nitriles is 1. The fourth-order valence-electron chi connectivity index (χ4n) is 3.02. The van der Waals surface area contributed by atoms with Crippen LogP contribution >= 0.6 is 0 Å². The molecule has 7 heteroatoms. The molecule has 0 aliphatic heterocycles. The van der Waals surface area contributed by atoms with Crippen LogP contribution in [-0.4, -0.2) is 33.3 Å². The zero-order valence-electron chi connectivity index (χ0n) is 16.0. The predicted molar refractivity (Wildman–Crippen MR) is 101 cm³/mol. The van der Waals surface area contributed by atoms with E-state index in [4.69, 9.17) is 9.84 Å². The maximum Gasteiger partial charge on any atom is 0.405 e. The second-order valence-electron chi connectivity index (χ2n) is 7.25. The van der Waals surface area contributed by atoms with Crippen molar-refractivity contribution < 1.29 is 14.6 Å². The first-order valence-electron chi connectivity index (χ1n) is 8.68. The number of hydrogen-bond donors (Lipinski definition) is 2. The highest BCUT2D eigenvalue weighted by Gasteiger charge is 2.23. The number of ether oxygens (including phenoxy) is 1. The SMILES string of the molecule is Cc1nccc(-c2ccc(OC[C@@H](C)CC(C)(C)NC(=O)O)c(C#N)c2)n1. The Morgan fingerprint density at radius 1 is 1.41 bits per heavy atom. The van der Waals surface area contributed by atoms with Crippen molar-refractivity contribution in [3.05, 3.63) is 41.9 Å². The quantitative estimate of drug-likeness (QED) is 0.770. The Balaban J connectivity index is 2.07. The molecule has 7 nitrogen and oxygen atoms in total. The average Bonchev–Trinajstić information content (AvgIpc) is 2.58. The van der Waals surface area contributed by atoms with E-state index in [9.17, 15) is 10.1 Å². The van der Waals surface area contributed by atoms with Gasteiger partial charge in [-0.05, 0) is 57.4 Å². The topological polar surface area (TPSA) is 108 Å². The minimum Gasteiger partial charge on any atom is -0.492 e. The van der Waals surface area contributed by atoms with Crippen molar-refractivity contribution in [1.29, 1.82) is 5.26 Å². The Morgan fingerprint density at radius 3 is 2.78 bits per heavy atom. The van der Waals surface area contributed by atoms with Crippen molar-refractivity contribution in [2.75, 3.05) is 6.61 Å². The minimum absolute atomic E-state index is 0.0996. The number of carboxylic acid groups (broad SMARTS) is 1. The van der Waals surface area contributed by atoms with E-state index in [2.05, 4.69) is 21.4 Å². The van der Waals surface area contributed by atoms with Crippen LogP contribution in [-0.2, 0) is 0 Å². The Hall–Kier alpha value is -3.14. The van der Waals surface area contributed by atoms with Gasteiger partial charge in [0.2, 0.25) is 0 Å². The first kappa shape index (κ1) is 20.2. The molecule has 0 aliphatic rings. The lowest BCUT2D eigenvalue weighted by molar-refractivity contribution is 0.169. The third-order valence-corrected chi connectivity index (χ3v) is 4.00. The summed E-state index contributed by atoms with van der Waals surface area (Å²) in [5, 5.41) is 20.8. The number of aryl methyl sites for hydroxylation is 1. The van der Waals surface area contributed by atoms with Crippen LogP contribution in [0.3, 0.4) is 0 Å². The van der Waals surface area contributed by atoms with Crippen LogP contribution in [0.25, 0.3) is 11.3 Å². The molecule has 2 aromatic rings. The van der Waals surface area contributed by atoms with E-state index < -0.39 is 11.6 Å². The standard InChI is InChI=1S/C20H24N4O3/c1-13(10-20(3,4)24-19(25)26)12-27-18-6-5-15(9-16(18)11-21)17-7-8-22-14(2)23-17/h5-9,13,24H,10,12H2,1-4H3,(H,25,26)/t13-/m0/s1. The van der Waals surface area contributed by atoms with Crippen LogP contribution in [0, 0.1) is 24.2 Å². The number of nitrogens with zero attached hydrogens (tertiary/aromatic N) is 3. The van der Waals surface area contributed by atoms with Crippen LogP contribution in [0.5, 0.6) is 5.75 Å². The van der Waals surface area contributed by atoms with E-state index in [1.807, 2.05) is 33.8 Å². The van der Waals surface area contributed by atoms with Gasteiger partial charge in [-0.1, -0.05) is 6.92 Å². The molecular weight excluding hydrogens is 344 g/mol.